The van der Waals surface area contributed by atoms with Gasteiger partial charge < -0.3 is 29.9 Å². The number of nitrogens with one attached hydrogen (secondary N) is 2. The van der Waals surface area contributed by atoms with Crippen LogP contribution in [0, 0.1) is 0 Å². The molecule has 4 rings (SSSR count). The van der Waals surface area contributed by atoms with Gasteiger partial charge in [0, 0.05) is 43.9 Å². The summed E-state index contributed by atoms with van der Waals surface area (Å²) in [6, 6.07) is 11.3. The number of nitrogens with zero attached hydrogens (tertiary/aromatic N) is 6. The monoisotopic (exact) mass is 530 g/mol. The van der Waals surface area contributed by atoms with Crippen molar-refractivity contribution in [1.82, 2.24) is 24.6 Å². The number of rotatable bonds is 12. The standard InChI is InChI=1S/C28H34N8O3/c1-7-27(37)31-21-16-22(25(38-6)17-24(21)35(5)14-13-34(3)4)32-28-29-12-11-26(33-28)36-23-10-9-20(39-8-2)15-19(23)18-30-36/h7,9-12,15-18H,1,8,13-14H2,2-6H3,(H,31,37)(H,29,32,33). The number of hydrogen-bond acceptors (Lipinski definition) is 9. The lowest BCUT2D eigenvalue weighted by Crippen LogP contribution is -2.29. The Kier molecular flexibility index (Phi) is 8.62. The number of benzene rings is 2. The molecule has 2 N–H and O–H groups in total. The molecule has 204 valence electrons. The van der Waals surface area contributed by atoms with Crippen LogP contribution >= 0.6 is 0 Å². The number of methoxy groups -OCH3 is 1. The zero-order valence-corrected chi connectivity index (χ0v) is 22.9. The largest absolute Gasteiger partial charge is 0.494 e. The number of fused-ring (bicyclic) bond motifs is 1. The molecule has 0 saturated carbocycles. The van der Waals surface area contributed by atoms with Crippen LogP contribution in [0.2, 0.25) is 0 Å². The molecule has 4 aromatic rings. The van der Waals surface area contributed by atoms with Gasteiger partial charge in [-0.2, -0.15) is 10.1 Å². The first-order chi connectivity index (χ1) is 18.8. The highest BCUT2D eigenvalue weighted by Gasteiger charge is 2.17. The van der Waals surface area contributed by atoms with E-state index < -0.39 is 0 Å². The van der Waals surface area contributed by atoms with Crippen molar-refractivity contribution in [2.75, 3.05) is 63.5 Å². The molecule has 0 fully saturated rings. The third-order valence-electron chi connectivity index (χ3n) is 6.01. The molecule has 11 nitrogen and oxygen atoms in total. The van der Waals surface area contributed by atoms with Crippen molar-refractivity contribution in [3.8, 4) is 17.3 Å². The summed E-state index contributed by atoms with van der Waals surface area (Å²) in [5, 5.41) is 11.6. The summed E-state index contributed by atoms with van der Waals surface area (Å²) < 4.78 is 13.0. The number of carbonyl (C=O) groups excluding carboxylic acids is 1. The maximum absolute atomic E-state index is 12.2. The van der Waals surface area contributed by atoms with Crippen molar-refractivity contribution in [1.29, 1.82) is 0 Å². The highest BCUT2D eigenvalue weighted by molar-refractivity contribution is 6.02. The van der Waals surface area contributed by atoms with Crippen molar-refractivity contribution in [2.45, 2.75) is 6.92 Å². The lowest BCUT2D eigenvalue weighted by atomic mass is 10.2. The van der Waals surface area contributed by atoms with E-state index in [0.717, 1.165) is 35.4 Å². The van der Waals surface area contributed by atoms with Crippen molar-refractivity contribution in [2.24, 2.45) is 0 Å². The first-order valence-electron chi connectivity index (χ1n) is 12.5. The summed E-state index contributed by atoms with van der Waals surface area (Å²) in [7, 11) is 7.59. The van der Waals surface area contributed by atoms with E-state index >= 15 is 0 Å². The zero-order chi connectivity index (χ0) is 27.9. The molecule has 1 amide bonds. The molecule has 0 aliphatic rings. The molecular weight excluding hydrogens is 496 g/mol. The van der Waals surface area contributed by atoms with Crippen molar-refractivity contribution >= 4 is 39.8 Å². The SMILES string of the molecule is C=CC(=O)Nc1cc(Nc2nccc(-n3ncc4cc(OCC)ccc43)n2)c(OC)cc1N(C)CCN(C)C. The number of ether oxygens (including phenoxy) is 2. The average Bonchev–Trinajstić information content (AvgIpc) is 3.35. The van der Waals surface area contributed by atoms with Crippen LogP contribution in [0.1, 0.15) is 6.92 Å². The van der Waals surface area contributed by atoms with Crippen LogP contribution < -0.4 is 25.0 Å². The van der Waals surface area contributed by atoms with E-state index in [2.05, 4.69) is 42.1 Å². The zero-order valence-electron chi connectivity index (χ0n) is 22.9. The quantitative estimate of drug-likeness (QED) is 0.262. The third kappa shape index (κ3) is 6.44. The Hall–Kier alpha value is -4.64. The summed E-state index contributed by atoms with van der Waals surface area (Å²) in [5.74, 6) is 1.97. The maximum Gasteiger partial charge on any atom is 0.247 e. The molecule has 0 spiro atoms. The number of aromatic nitrogens is 4. The molecule has 0 aliphatic carbocycles. The predicted molar refractivity (Wildman–Crippen MR) is 155 cm³/mol. The molecule has 0 atom stereocenters. The maximum atomic E-state index is 12.2. The van der Waals surface area contributed by atoms with Gasteiger partial charge >= 0.3 is 0 Å². The van der Waals surface area contributed by atoms with E-state index in [1.54, 1.807) is 36.3 Å². The molecule has 0 unspecified atom stereocenters. The number of hydrogen-bond donors (Lipinski definition) is 2. The second-order valence-corrected chi connectivity index (χ2v) is 9.06. The molecule has 2 heterocycles. The lowest BCUT2D eigenvalue weighted by molar-refractivity contribution is -0.111. The number of carbonyl (C=O) groups is 1. The van der Waals surface area contributed by atoms with E-state index in [1.165, 1.54) is 6.08 Å². The normalized spacial score (nSPS) is 10.9. The van der Waals surface area contributed by atoms with Crippen LogP contribution in [0.4, 0.5) is 23.0 Å². The van der Waals surface area contributed by atoms with E-state index in [9.17, 15) is 4.79 Å². The molecule has 0 saturated heterocycles. The highest BCUT2D eigenvalue weighted by atomic mass is 16.5. The lowest BCUT2D eigenvalue weighted by Gasteiger charge is -2.26. The number of anilines is 4. The second kappa shape index (κ2) is 12.3. The van der Waals surface area contributed by atoms with Gasteiger partial charge in [0.25, 0.3) is 0 Å². The van der Waals surface area contributed by atoms with Crippen LogP contribution in [0.5, 0.6) is 11.5 Å². The molecule has 2 aromatic heterocycles. The van der Waals surface area contributed by atoms with Crippen LogP contribution in [-0.4, -0.2) is 78.5 Å². The smallest absolute Gasteiger partial charge is 0.247 e. The van der Waals surface area contributed by atoms with Gasteiger partial charge in [0.05, 0.1) is 42.5 Å². The van der Waals surface area contributed by atoms with Gasteiger partial charge in [0.15, 0.2) is 5.82 Å². The Balaban J connectivity index is 1.67. The summed E-state index contributed by atoms with van der Waals surface area (Å²) >= 11 is 0. The van der Waals surface area contributed by atoms with Gasteiger partial charge in [0.2, 0.25) is 11.9 Å². The van der Waals surface area contributed by atoms with Crippen LogP contribution in [0.3, 0.4) is 0 Å². The number of likely N-dealkylation sites (N-methyl/N-ethyl adjacent to an activating group) is 2. The van der Waals surface area contributed by atoms with E-state index in [-0.39, 0.29) is 5.91 Å². The fourth-order valence-electron chi connectivity index (χ4n) is 4.00. The van der Waals surface area contributed by atoms with Gasteiger partial charge in [0.1, 0.15) is 11.5 Å². The molecular formula is C28H34N8O3. The highest BCUT2D eigenvalue weighted by Crippen LogP contribution is 2.38. The summed E-state index contributed by atoms with van der Waals surface area (Å²) in [5.41, 5.74) is 2.88. The fourth-order valence-corrected chi connectivity index (χ4v) is 4.00. The van der Waals surface area contributed by atoms with E-state index in [1.807, 2.05) is 52.3 Å². The van der Waals surface area contributed by atoms with Gasteiger partial charge in [-0.15, -0.1) is 0 Å². The van der Waals surface area contributed by atoms with Gasteiger partial charge in [-0.3, -0.25) is 4.79 Å². The Bertz CT molecular complexity index is 1470. The minimum Gasteiger partial charge on any atom is -0.494 e. The van der Waals surface area contributed by atoms with E-state index in [0.29, 0.717) is 35.5 Å². The first kappa shape index (κ1) is 27.4. The topological polar surface area (TPSA) is 110 Å². The predicted octanol–water partition coefficient (Wildman–Crippen LogP) is 4.09. The summed E-state index contributed by atoms with van der Waals surface area (Å²) in [6.45, 7) is 7.70. The minimum atomic E-state index is -0.315. The second-order valence-electron chi connectivity index (χ2n) is 9.06. The molecule has 11 heteroatoms. The van der Waals surface area contributed by atoms with Crippen LogP contribution in [0.15, 0.2) is 61.4 Å². The fraction of sp³-hybridized carbons (Fsp3) is 0.286. The minimum absolute atomic E-state index is 0.315. The first-order valence-corrected chi connectivity index (χ1v) is 12.5. The van der Waals surface area contributed by atoms with Crippen molar-refractivity contribution in [3.05, 3.63) is 61.4 Å². The third-order valence-corrected chi connectivity index (χ3v) is 6.01. The van der Waals surface area contributed by atoms with Crippen LogP contribution in [-0.2, 0) is 4.79 Å². The van der Waals surface area contributed by atoms with Gasteiger partial charge in [-0.1, -0.05) is 6.58 Å². The van der Waals surface area contributed by atoms with Crippen molar-refractivity contribution in [3.63, 3.8) is 0 Å². The van der Waals surface area contributed by atoms with Gasteiger partial charge in [-0.25, -0.2) is 9.67 Å². The molecule has 0 bridgehead atoms. The van der Waals surface area contributed by atoms with Crippen LogP contribution in [0.25, 0.3) is 16.7 Å². The average molecular weight is 531 g/mol. The van der Waals surface area contributed by atoms with Gasteiger partial charge in [-0.05, 0) is 51.4 Å². The summed E-state index contributed by atoms with van der Waals surface area (Å²) in [6.07, 6.45) is 4.67. The van der Waals surface area contributed by atoms with E-state index in [4.69, 9.17) is 9.47 Å². The molecule has 0 radical (unpaired) electrons. The molecule has 0 aliphatic heterocycles. The number of amides is 1. The Morgan fingerprint density at radius 2 is 1.95 bits per heavy atom. The Labute approximate surface area is 228 Å². The Morgan fingerprint density at radius 3 is 2.67 bits per heavy atom. The summed E-state index contributed by atoms with van der Waals surface area (Å²) in [4.78, 5) is 25.5. The molecule has 2 aromatic carbocycles. The van der Waals surface area contributed by atoms with Crippen molar-refractivity contribution < 1.29 is 14.3 Å². The molecule has 39 heavy (non-hydrogen) atoms. The Morgan fingerprint density at radius 1 is 1.13 bits per heavy atom.